The number of benzene rings is 1. The fraction of sp³-hybridized carbons (Fsp3) is 0.200. The van der Waals surface area contributed by atoms with Gasteiger partial charge in [-0.25, -0.2) is 13.1 Å². The number of nitrogens with one attached hydrogen (secondary N) is 2. The summed E-state index contributed by atoms with van der Waals surface area (Å²) in [5.74, 6) is -0.494. The van der Waals surface area contributed by atoms with Gasteiger partial charge in [0.2, 0.25) is 10.0 Å². The van der Waals surface area contributed by atoms with E-state index in [4.69, 9.17) is 0 Å². The van der Waals surface area contributed by atoms with E-state index in [0.717, 1.165) is 11.3 Å². The molecule has 0 atom stereocenters. The van der Waals surface area contributed by atoms with Gasteiger partial charge in [0, 0.05) is 5.69 Å². The number of carbonyl (C=O) groups excluding carboxylic acids is 2. The number of rotatable bonds is 5. The summed E-state index contributed by atoms with van der Waals surface area (Å²) in [5, 5.41) is 2.64. The highest BCUT2D eigenvalue weighted by atomic mass is 32.2. The zero-order chi connectivity index (χ0) is 17.2. The van der Waals surface area contributed by atoms with Crippen molar-refractivity contribution in [1.82, 2.24) is 4.72 Å². The lowest BCUT2D eigenvalue weighted by Gasteiger charge is -2.10. The van der Waals surface area contributed by atoms with Crippen LogP contribution in [0.5, 0.6) is 0 Å². The van der Waals surface area contributed by atoms with Crippen LogP contribution in [0.1, 0.15) is 31.8 Å². The third kappa shape index (κ3) is 3.84. The van der Waals surface area contributed by atoms with Gasteiger partial charge < -0.3 is 5.32 Å². The minimum absolute atomic E-state index is 0.105. The van der Waals surface area contributed by atoms with Gasteiger partial charge in [-0.05, 0) is 50.7 Å². The minimum atomic E-state index is -3.60. The number of thiophene rings is 1. The van der Waals surface area contributed by atoms with Crippen molar-refractivity contribution >= 4 is 38.7 Å². The smallest absolute Gasteiger partial charge is 0.265 e. The molecule has 0 aliphatic rings. The van der Waals surface area contributed by atoms with E-state index in [2.05, 4.69) is 10.0 Å². The molecule has 2 N–H and O–H groups in total. The van der Waals surface area contributed by atoms with Crippen molar-refractivity contribution in [1.29, 1.82) is 0 Å². The Labute approximate surface area is 138 Å². The molecule has 1 heterocycles. The van der Waals surface area contributed by atoms with Crippen molar-refractivity contribution in [2.24, 2.45) is 0 Å². The summed E-state index contributed by atoms with van der Waals surface area (Å²) in [5.41, 5.74) is 0.944. The third-order valence-corrected chi connectivity index (χ3v) is 5.92. The molecular formula is C15H16N2O4S2. The van der Waals surface area contributed by atoms with Crippen LogP contribution in [0.3, 0.4) is 0 Å². The second-order valence-corrected chi connectivity index (χ2v) is 7.80. The maximum Gasteiger partial charge on any atom is 0.265 e. The van der Waals surface area contributed by atoms with Crippen molar-refractivity contribution in [2.45, 2.75) is 18.7 Å². The molecule has 122 valence electrons. The summed E-state index contributed by atoms with van der Waals surface area (Å²) in [6.07, 6.45) is 0. The van der Waals surface area contributed by atoms with E-state index in [1.165, 1.54) is 20.0 Å². The molecule has 0 saturated carbocycles. The number of aryl methyl sites for hydroxylation is 1. The maximum atomic E-state index is 12.2. The average Bonchev–Trinajstić information content (AvgIpc) is 2.99. The Morgan fingerprint density at radius 3 is 2.30 bits per heavy atom. The van der Waals surface area contributed by atoms with Crippen molar-refractivity contribution < 1.29 is 18.0 Å². The van der Waals surface area contributed by atoms with Crippen LogP contribution in [0.4, 0.5) is 5.69 Å². The molecule has 2 aromatic rings. The molecule has 8 heteroatoms. The number of sulfonamides is 1. The molecule has 0 fully saturated rings. The molecule has 1 aromatic heterocycles. The number of ketones is 1. The normalized spacial score (nSPS) is 11.3. The van der Waals surface area contributed by atoms with Gasteiger partial charge in [-0.1, -0.05) is 6.07 Å². The Morgan fingerprint density at radius 1 is 1.09 bits per heavy atom. The Hall–Kier alpha value is -2.03. The summed E-state index contributed by atoms with van der Waals surface area (Å²) in [4.78, 5) is 24.4. The van der Waals surface area contributed by atoms with Crippen molar-refractivity contribution in [3.8, 4) is 0 Å². The summed E-state index contributed by atoms with van der Waals surface area (Å²) in [7, 11) is -2.27. The molecule has 6 nitrogen and oxygen atoms in total. The largest absolute Gasteiger partial charge is 0.321 e. The number of carbonyl (C=O) groups is 2. The lowest BCUT2D eigenvalue weighted by Crippen LogP contribution is -2.20. The molecule has 0 bridgehead atoms. The number of hydrogen-bond acceptors (Lipinski definition) is 5. The third-order valence-electron chi connectivity index (χ3n) is 3.18. The molecule has 1 aromatic carbocycles. The SMILES string of the molecule is CNS(=O)(=O)c1cc(NC(=O)c2ccc(C(C)=O)s2)ccc1C. The molecule has 1 amide bonds. The van der Waals surface area contributed by atoms with Gasteiger partial charge in [0.1, 0.15) is 0 Å². The van der Waals surface area contributed by atoms with Crippen molar-refractivity contribution in [3.05, 3.63) is 45.6 Å². The molecular weight excluding hydrogens is 336 g/mol. The van der Waals surface area contributed by atoms with Gasteiger partial charge in [-0.2, -0.15) is 0 Å². The molecule has 0 saturated heterocycles. The fourth-order valence-corrected chi connectivity index (χ4v) is 3.71. The van der Waals surface area contributed by atoms with E-state index in [1.807, 2.05) is 0 Å². The van der Waals surface area contributed by atoms with Crippen LogP contribution < -0.4 is 10.0 Å². The topological polar surface area (TPSA) is 92.3 Å². The van der Waals surface area contributed by atoms with Crippen LogP contribution >= 0.6 is 11.3 Å². The van der Waals surface area contributed by atoms with Gasteiger partial charge in [0.15, 0.2) is 5.78 Å². The first-order chi connectivity index (χ1) is 10.7. The van der Waals surface area contributed by atoms with Crippen LogP contribution in [0, 0.1) is 6.92 Å². The van der Waals surface area contributed by atoms with Gasteiger partial charge >= 0.3 is 0 Å². The zero-order valence-electron chi connectivity index (χ0n) is 12.8. The number of amides is 1. The molecule has 0 spiro atoms. The Morgan fingerprint density at radius 2 is 1.74 bits per heavy atom. The first kappa shape index (κ1) is 17.3. The zero-order valence-corrected chi connectivity index (χ0v) is 14.5. The lowest BCUT2D eigenvalue weighted by molar-refractivity contribution is 0.101. The van der Waals surface area contributed by atoms with Gasteiger partial charge in [0.05, 0.1) is 14.6 Å². The standard InChI is InChI=1S/C15H16N2O4S2/c1-9-4-5-11(8-14(9)23(20,21)16-3)17-15(19)13-7-6-12(22-13)10(2)18/h4-8,16H,1-3H3,(H,17,19). The first-order valence-electron chi connectivity index (χ1n) is 6.71. The van der Waals surface area contributed by atoms with Crippen LogP contribution in [0.15, 0.2) is 35.2 Å². The monoisotopic (exact) mass is 352 g/mol. The van der Waals surface area contributed by atoms with E-state index in [0.29, 0.717) is 21.0 Å². The lowest BCUT2D eigenvalue weighted by atomic mass is 10.2. The molecule has 0 aliphatic carbocycles. The highest BCUT2D eigenvalue weighted by Gasteiger charge is 2.17. The minimum Gasteiger partial charge on any atom is -0.321 e. The van der Waals surface area contributed by atoms with Crippen molar-refractivity contribution in [2.75, 3.05) is 12.4 Å². The maximum absolute atomic E-state index is 12.2. The van der Waals surface area contributed by atoms with Crippen LogP contribution in [0.25, 0.3) is 0 Å². The number of hydrogen-bond donors (Lipinski definition) is 2. The Balaban J connectivity index is 2.28. The quantitative estimate of drug-likeness (QED) is 0.808. The number of Topliss-reactive ketones (excluding diaryl/α,β-unsaturated/α-hetero) is 1. The molecule has 0 aliphatic heterocycles. The van der Waals surface area contributed by atoms with Gasteiger partial charge in [-0.15, -0.1) is 11.3 Å². The van der Waals surface area contributed by atoms with E-state index in [-0.39, 0.29) is 16.6 Å². The predicted octanol–water partition coefficient (Wildman–Crippen LogP) is 2.42. The first-order valence-corrected chi connectivity index (χ1v) is 9.01. The Bertz CT molecular complexity index is 869. The number of anilines is 1. The summed E-state index contributed by atoms with van der Waals surface area (Å²) < 4.78 is 26.1. The van der Waals surface area contributed by atoms with E-state index in [1.54, 1.807) is 31.2 Å². The summed E-state index contributed by atoms with van der Waals surface area (Å²) >= 11 is 1.09. The van der Waals surface area contributed by atoms with Gasteiger partial charge in [0.25, 0.3) is 5.91 Å². The summed E-state index contributed by atoms with van der Waals surface area (Å²) in [6.45, 7) is 3.11. The fourth-order valence-electron chi connectivity index (χ4n) is 1.92. The van der Waals surface area contributed by atoms with E-state index < -0.39 is 10.0 Å². The van der Waals surface area contributed by atoms with E-state index >= 15 is 0 Å². The molecule has 0 unspecified atom stereocenters. The van der Waals surface area contributed by atoms with Crippen LogP contribution in [0.2, 0.25) is 0 Å². The highest BCUT2D eigenvalue weighted by Crippen LogP contribution is 2.22. The van der Waals surface area contributed by atoms with Crippen molar-refractivity contribution in [3.63, 3.8) is 0 Å². The highest BCUT2D eigenvalue weighted by molar-refractivity contribution is 7.89. The molecule has 2 rings (SSSR count). The van der Waals surface area contributed by atoms with Gasteiger partial charge in [-0.3, -0.25) is 9.59 Å². The Kier molecular flexibility index (Phi) is 4.98. The van der Waals surface area contributed by atoms with Crippen LogP contribution in [-0.4, -0.2) is 27.2 Å². The van der Waals surface area contributed by atoms with E-state index in [9.17, 15) is 18.0 Å². The summed E-state index contributed by atoms with van der Waals surface area (Å²) in [6, 6.07) is 7.80. The second kappa shape index (κ2) is 6.61. The predicted molar refractivity (Wildman–Crippen MR) is 89.7 cm³/mol. The molecule has 23 heavy (non-hydrogen) atoms. The second-order valence-electron chi connectivity index (χ2n) is 4.86. The molecule has 0 radical (unpaired) electrons. The van der Waals surface area contributed by atoms with Crippen LogP contribution in [-0.2, 0) is 10.0 Å². The average molecular weight is 352 g/mol.